The van der Waals surface area contributed by atoms with E-state index in [0.29, 0.717) is 55.7 Å². The number of carbonyl (C=O) groups is 5. The number of esters is 5. The highest BCUT2D eigenvalue weighted by molar-refractivity contribution is 5.93. The lowest BCUT2D eigenvalue weighted by Crippen LogP contribution is -2.24. The molecule has 330 valence electrons. The summed E-state index contributed by atoms with van der Waals surface area (Å²) >= 11 is 0. The zero-order chi connectivity index (χ0) is 44.6. The van der Waals surface area contributed by atoms with E-state index in [-0.39, 0.29) is 63.5 Å². The van der Waals surface area contributed by atoms with Gasteiger partial charge >= 0.3 is 29.8 Å². The summed E-state index contributed by atoms with van der Waals surface area (Å²) in [6.07, 6.45) is 1.09. The fourth-order valence-electron chi connectivity index (χ4n) is 5.00. The average Bonchev–Trinajstić information content (AvgIpc) is 3.27. The summed E-state index contributed by atoms with van der Waals surface area (Å²) in [5, 5.41) is 0. The van der Waals surface area contributed by atoms with E-state index in [1.54, 1.807) is 93.6 Å². The molecule has 0 aliphatic carbocycles. The van der Waals surface area contributed by atoms with Gasteiger partial charge in [-0.3, -0.25) is 4.79 Å². The summed E-state index contributed by atoms with van der Waals surface area (Å²) in [6, 6.07) is 26.3. The molecule has 15 nitrogen and oxygen atoms in total. The smallest absolute Gasteiger partial charge is 0.343 e. The van der Waals surface area contributed by atoms with Crippen LogP contribution in [0.5, 0.6) is 17.2 Å². The molecule has 0 aromatic heterocycles. The summed E-state index contributed by atoms with van der Waals surface area (Å²) in [7, 11) is 0. The fourth-order valence-corrected chi connectivity index (χ4v) is 5.00. The highest BCUT2D eigenvalue weighted by atomic mass is 16.6. The van der Waals surface area contributed by atoms with E-state index < -0.39 is 29.3 Å². The highest BCUT2D eigenvalue weighted by Gasteiger charge is 2.22. The standard InChI is InChI=1S/C47H52O15/c1-5-42(48)58-31-27-54-23-22-53-26-30-57-39-16-12-37(13-17-39)44(50)62-41-20-14-38(15-21-41)45(51)61-40-18-10-35(11-19-40)34-6-8-36(9-7-34)43(49)59-32-28-55-24-25-56-29-33-60-46(52)47(2,3)4/h5-21H,1,22-33H2,2-4H3. The van der Waals surface area contributed by atoms with Crippen LogP contribution in [0, 0.1) is 5.41 Å². The molecule has 4 rings (SSSR count). The summed E-state index contributed by atoms with van der Waals surface area (Å²) in [4.78, 5) is 60.7. The van der Waals surface area contributed by atoms with Crippen LogP contribution in [-0.4, -0.2) is 109 Å². The topological polar surface area (TPSA) is 178 Å². The van der Waals surface area contributed by atoms with Crippen molar-refractivity contribution in [1.82, 2.24) is 0 Å². The minimum atomic E-state index is -0.591. The average molecular weight is 857 g/mol. The van der Waals surface area contributed by atoms with Crippen LogP contribution in [0.25, 0.3) is 11.1 Å². The van der Waals surface area contributed by atoms with Gasteiger partial charge < -0.3 is 47.4 Å². The Kier molecular flexibility index (Phi) is 20.3. The van der Waals surface area contributed by atoms with Crippen molar-refractivity contribution in [2.24, 2.45) is 5.41 Å². The first-order valence-corrected chi connectivity index (χ1v) is 19.9. The predicted octanol–water partition coefficient (Wildman–Crippen LogP) is 6.71. The Morgan fingerprint density at radius 3 is 1.26 bits per heavy atom. The molecular formula is C47H52O15. The van der Waals surface area contributed by atoms with Gasteiger partial charge in [-0.1, -0.05) is 30.8 Å². The van der Waals surface area contributed by atoms with Crippen LogP contribution in [0.3, 0.4) is 0 Å². The van der Waals surface area contributed by atoms with Gasteiger partial charge in [-0.25, -0.2) is 19.2 Å². The van der Waals surface area contributed by atoms with E-state index >= 15 is 0 Å². The molecule has 0 aliphatic rings. The van der Waals surface area contributed by atoms with Crippen LogP contribution >= 0.6 is 0 Å². The number of ether oxygens (including phenoxy) is 10. The first kappa shape index (κ1) is 48.3. The summed E-state index contributed by atoms with van der Waals surface area (Å²) in [5.74, 6) is -1.32. The van der Waals surface area contributed by atoms with Crippen LogP contribution < -0.4 is 14.2 Å². The Balaban J connectivity index is 1.09. The molecule has 0 spiro atoms. The fraction of sp³-hybridized carbons (Fsp3) is 0.340. The summed E-state index contributed by atoms with van der Waals surface area (Å²) in [5.41, 5.74) is 2.08. The van der Waals surface area contributed by atoms with Crippen molar-refractivity contribution in [2.45, 2.75) is 20.8 Å². The Hall–Kier alpha value is -6.39. The highest BCUT2D eigenvalue weighted by Crippen LogP contribution is 2.24. The third-order valence-electron chi connectivity index (χ3n) is 8.32. The molecule has 62 heavy (non-hydrogen) atoms. The van der Waals surface area contributed by atoms with Crippen molar-refractivity contribution in [3.8, 4) is 28.4 Å². The van der Waals surface area contributed by atoms with Gasteiger partial charge in [0.15, 0.2) is 0 Å². The number of benzene rings is 4. The first-order chi connectivity index (χ1) is 29.9. The molecule has 0 heterocycles. The van der Waals surface area contributed by atoms with Gasteiger partial charge in [0.25, 0.3) is 0 Å². The van der Waals surface area contributed by atoms with Gasteiger partial charge in [0.1, 0.15) is 43.7 Å². The second kappa shape index (κ2) is 26.1. The Morgan fingerprint density at radius 2 is 0.790 bits per heavy atom. The number of hydrogen-bond acceptors (Lipinski definition) is 15. The molecule has 0 saturated heterocycles. The van der Waals surface area contributed by atoms with Crippen molar-refractivity contribution in [1.29, 1.82) is 0 Å². The Labute approximate surface area is 360 Å². The molecule has 4 aromatic rings. The maximum atomic E-state index is 12.8. The molecule has 0 bridgehead atoms. The maximum absolute atomic E-state index is 12.8. The quantitative estimate of drug-likeness (QED) is 0.0214. The molecule has 4 aromatic carbocycles. The second-order valence-electron chi connectivity index (χ2n) is 14.1. The normalized spacial score (nSPS) is 11.0. The van der Waals surface area contributed by atoms with Gasteiger partial charge in [-0.05, 0) is 105 Å². The van der Waals surface area contributed by atoms with Crippen LogP contribution in [-0.2, 0) is 42.7 Å². The van der Waals surface area contributed by atoms with Gasteiger partial charge in [0, 0.05) is 6.08 Å². The molecule has 0 aliphatic heterocycles. The predicted molar refractivity (Wildman–Crippen MR) is 225 cm³/mol. The molecule has 0 N–H and O–H groups in total. The Morgan fingerprint density at radius 1 is 0.435 bits per heavy atom. The molecule has 0 unspecified atom stereocenters. The van der Waals surface area contributed by atoms with E-state index in [0.717, 1.165) is 17.2 Å². The van der Waals surface area contributed by atoms with E-state index in [9.17, 15) is 24.0 Å². The summed E-state index contributed by atoms with van der Waals surface area (Å²) in [6.45, 7) is 11.7. The third-order valence-corrected chi connectivity index (χ3v) is 8.32. The van der Waals surface area contributed by atoms with Crippen molar-refractivity contribution >= 4 is 29.8 Å². The van der Waals surface area contributed by atoms with Crippen molar-refractivity contribution < 1.29 is 71.3 Å². The molecule has 0 fully saturated rings. The molecule has 15 heteroatoms. The van der Waals surface area contributed by atoms with Gasteiger partial charge in [-0.2, -0.15) is 0 Å². The minimum absolute atomic E-state index is 0.0772. The SMILES string of the molecule is C=CC(=O)OCCOCCOCCOc1ccc(C(=O)Oc2ccc(C(=O)Oc3ccc(-c4ccc(C(=O)OCCOCCOCCOC(=O)C(C)(C)C)cc4)cc3)cc2)cc1. The van der Waals surface area contributed by atoms with Crippen LogP contribution in [0.4, 0.5) is 0 Å². The number of carbonyl (C=O) groups excluding carboxylic acids is 5. The first-order valence-electron chi connectivity index (χ1n) is 19.9. The van der Waals surface area contributed by atoms with Crippen LogP contribution in [0.15, 0.2) is 110 Å². The van der Waals surface area contributed by atoms with E-state index in [2.05, 4.69) is 6.58 Å². The lowest BCUT2D eigenvalue weighted by atomic mass is 9.97. The molecule has 0 radical (unpaired) electrons. The van der Waals surface area contributed by atoms with Crippen LogP contribution in [0.2, 0.25) is 0 Å². The molecular weight excluding hydrogens is 805 g/mol. The third kappa shape index (κ3) is 17.7. The van der Waals surface area contributed by atoms with Crippen molar-refractivity contribution in [3.05, 3.63) is 126 Å². The van der Waals surface area contributed by atoms with E-state index in [1.807, 2.05) is 0 Å². The monoisotopic (exact) mass is 856 g/mol. The maximum Gasteiger partial charge on any atom is 0.343 e. The van der Waals surface area contributed by atoms with E-state index in [4.69, 9.17) is 47.4 Å². The lowest BCUT2D eigenvalue weighted by Gasteiger charge is -2.16. The van der Waals surface area contributed by atoms with Crippen molar-refractivity contribution in [3.63, 3.8) is 0 Å². The van der Waals surface area contributed by atoms with E-state index in [1.165, 1.54) is 24.3 Å². The zero-order valence-electron chi connectivity index (χ0n) is 35.1. The molecule has 0 atom stereocenters. The minimum Gasteiger partial charge on any atom is -0.491 e. The van der Waals surface area contributed by atoms with Gasteiger partial charge in [0.05, 0.1) is 75.0 Å². The summed E-state index contributed by atoms with van der Waals surface area (Å²) < 4.78 is 53.4. The molecule has 0 amide bonds. The van der Waals surface area contributed by atoms with Gasteiger partial charge in [-0.15, -0.1) is 0 Å². The number of hydrogen-bond donors (Lipinski definition) is 0. The van der Waals surface area contributed by atoms with Crippen molar-refractivity contribution in [2.75, 3.05) is 79.3 Å². The number of rotatable bonds is 26. The largest absolute Gasteiger partial charge is 0.491 e. The molecule has 0 saturated carbocycles. The second-order valence-corrected chi connectivity index (χ2v) is 14.1. The van der Waals surface area contributed by atoms with Gasteiger partial charge in [0.2, 0.25) is 0 Å². The lowest BCUT2D eigenvalue weighted by molar-refractivity contribution is -0.154. The Bertz CT molecular complexity index is 2020. The zero-order valence-corrected chi connectivity index (χ0v) is 35.1. The van der Waals surface area contributed by atoms with Crippen LogP contribution in [0.1, 0.15) is 51.8 Å².